The van der Waals surface area contributed by atoms with E-state index in [9.17, 15) is 14.7 Å². The monoisotopic (exact) mass is 1080 g/mol. The van der Waals surface area contributed by atoms with Crippen LogP contribution in [0.3, 0.4) is 0 Å². The number of hydrogen-bond acceptors (Lipinski definition) is 17. The molecule has 0 fully saturated rings. The number of phenolic OH excluding ortho intramolecular Hbond substituents is 1. The topological polar surface area (TPSA) is 187 Å². The van der Waals surface area contributed by atoms with Crippen LogP contribution in [0.1, 0.15) is 59.7 Å². The number of aromatic hydroxyl groups is 1. The second kappa shape index (κ2) is 23.8. The lowest BCUT2D eigenvalue weighted by Crippen LogP contribution is -2.33. The van der Waals surface area contributed by atoms with Gasteiger partial charge in [-0.15, -0.1) is 0 Å². The molecule has 4 aliphatic rings. The van der Waals surface area contributed by atoms with Gasteiger partial charge in [-0.1, -0.05) is 48.5 Å². The smallest absolute Gasteiger partial charge is 0.340 e. The molecule has 0 radical (unpaired) electrons. The fraction of sp³-hybridized carbons (Fsp3) is 0.175. The first-order valence-corrected chi connectivity index (χ1v) is 24.9. The Hall–Kier alpha value is -9.84. The minimum atomic E-state index is -1.16. The first-order chi connectivity index (χ1) is 38.8. The van der Waals surface area contributed by atoms with Crippen molar-refractivity contribution in [2.24, 2.45) is 0 Å². The van der Waals surface area contributed by atoms with Gasteiger partial charge in [-0.05, 0) is 116 Å². The number of carbonyl (C=O) groups excluding carboxylic acids is 4. The number of benzene rings is 8. The molecule has 0 saturated heterocycles. The number of methoxy groups -OCH3 is 4. The second-order valence-electron chi connectivity index (χ2n) is 18.3. The van der Waals surface area contributed by atoms with Crippen LogP contribution in [0.2, 0.25) is 0 Å². The Morgan fingerprint density at radius 3 is 1.24 bits per heavy atom. The molecular weight excluding hydrogens is 1020 g/mol. The van der Waals surface area contributed by atoms with Crippen molar-refractivity contribution in [2.45, 2.75) is 18.1 Å². The summed E-state index contributed by atoms with van der Waals surface area (Å²) in [4.78, 5) is 47.9. The van der Waals surface area contributed by atoms with Gasteiger partial charge in [0, 0.05) is 103 Å². The molecule has 0 aliphatic carbocycles. The number of anilines is 4. The van der Waals surface area contributed by atoms with Gasteiger partial charge in [0.2, 0.25) is 0 Å². The van der Waals surface area contributed by atoms with E-state index in [1.54, 1.807) is 38.5 Å². The summed E-state index contributed by atoms with van der Waals surface area (Å²) in [5.41, 5.74) is 8.27. The van der Waals surface area contributed by atoms with E-state index in [1.807, 2.05) is 172 Å². The van der Waals surface area contributed by atoms with Crippen molar-refractivity contribution in [1.82, 2.24) is 0 Å². The largest absolute Gasteiger partial charge is 0.508 e. The summed E-state index contributed by atoms with van der Waals surface area (Å²) in [5, 5.41) is 10.2. The van der Waals surface area contributed by atoms with Crippen molar-refractivity contribution in [2.75, 3.05) is 65.9 Å². The van der Waals surface area contributed by atoms with Crippen LogP contribution in [0.15, 0.2) is 170 Å². The third-order valence-corrected chi connectivity index (χ3v) is 13.6. The number of phenols is 1. The molecule has 2 spiro atoms. The Balaban J connectivity index is 0.000000171. The molecular formula is C63H56N2O15. The van der Waals surface area contributed by atoms with Gasteiger partial charge in [-0.3, -0.25) is 9.59 Å². The molecule has 2 atom stereocenters. The van der Waals surface area contributed by atoms with Crippen molar-refractivity contribution >= 4 is 47.6 Å². The van der Waals surface area contributed by atoms with E-state index < -0.39 is 17.2 Å². The molecule has 1 N–H and O–H groups in total. The average Bonchev–Trinajstić information content (AvgIpc) is 4.04. The van der Waals surface area contributed by atoms with Crippen molar-refractivity contribution in [3.8, 4) is 40.2 Å². The van der Waals surface area contributed by atoms with Crippen LogP contribution in [0.4, 0.5) is 22.7 Å². The maximum Gasteiger partial charge on any atom is 0.340 e. The highest BCUT2D eigenvalue weighted by Crippen LogP contribution is 2.59. The van der Waals surface area contributed by atoms with Gasteiger partial charge in [0.25, 0.3) is 12.9 Å². The summed E-state index contributed by atoms with van der Waals surface area (Å²) in [5.74, 6) is 3.11. The molecule has 0 aromatic heterocycles. The molecule has 17 heteroatoms. The van der Waals surface area contributed by atoms with Crippen LogP contribution in [0.5, 0.6) is 40.2 Å². The second-order valence-corrected chi connectivity index (χ2v) is 18.3. The molecule has 0 saturated carbocycles. The number of esters is 2. The zero-order valence-corrected chi connectivity index (χ0v) is 44.8. The van der Waals surface area contributed by atoms with Crippen molar-refractivity contribution in [1.29, 1.82) is 0 Å². The molecule has 4 aliphatic heterocycles. The predicted octanol–water partition coefficient (Wildman–Crippen LogP) is 11.6. The van der Waals surface area contributed by atoms with Gasteiger partial charge in [-0.2, -0.15) is 0 Å². The minimum Gasteiger partial charge on any atom is -0.508 e. The summed E-state index contributed by atoms with van der Waals surface area (Å²) in [6.07, 6.45) is 0. The third-order valence-electron chi connectivity index (χ3n) is 13.6. The Morgan fingerprint density at radius 2 is 0.825 bits per heavy atom. The molecule has 12 rings (SSSR count). The summed E-state index contributed by atoms with van der Waals surface area (Å²) in [6, 6.07) is 53.1. The maximum atomic E-state index is 13.0. The summed E-state index contributed by atoms with van der Waals surface area (Å²) in [7, 11) is 9.74. The minimum absolute atomic E-state index is 0.0639. The number of carbonyl (C=O) groups is 4. The molecule has 408 valence electrons. The fourth-order valence-electron chi connectivity index (χ4n) is 9.93. The van der Waals surface area contributed by atoms with Gasteiger partial charge in [0.05, 0.1) is 25.3 Å². The normalized spacial score (nSPS) is 15.8. The van der Waals surface area contributed by atoms with E-state index in [-0.39, 0.29) is 25.3 Å². The Kier molecular flexibility index (Phi) is 16.4. The summed E-state index contributed by atoms with van der Waals surface area (Å²) < 4.78 is 53.7. The quantitative estimate of drug-likeness (QED) is 0.0526. The highest BCUT2D eigenvalue weighted by atomic mass is 16.7. The molecule has 0 bridgehead atoms. The highest BCUT2D eigenvalue weighted by Gasteiger charge is 2.55. The lowest BCUT2D eigenvalue weighted by Gasteiger charge is -2.37. The number of rotatable bonds is 12. The first-order valence-electron chi connectivity index (χ1n) is 24.9. The van der Waals surface area contributed by atoms with Crippen LogP contribution < -0.4 is 28.7 Å². The fourth-order valence-corrected chi connectivity index (χ4v) is 9.93. The Bertz CT molecular complexity index is 3340. The third kappa shape index (κ3) is 10.4. The maximum absolute atomic E-state index is 13.0. The number of hydrogen-bond donors (Lipinski definition) is 1. The van der Waals surface area contributed by atoms with Crippen molar-refractivity contribution in [3.05, 3.63) is 220 Å². The van der Waals surface area contributed by atoms with Gasteiger partial charge in [0.1, 0.15) is 40.2 Å². The first kappa shape index (κ1) is 54.9. The average molecular weight is 1080 g/mol. The lowest BCUT2D eigenvalue weighted by molar-refractivity contribution is -0.126. The standard InChI is InChI=1S/C30H25NO5.C29H23NO6.2C2H4O2/c1-19-8-14-25-27(16-19)35-28-17-21(31(2)20-9-12-22(13-10-20)34-18-33-3)11-15-26(28)30(25)24-7-5-4-6-23(24)29(32)36-30;1-30(18-7-11-21(12-8-18)34-17-33-2)19-9-13-24-26(15-19)35-27-16-20(31)10-14-25(27)29(24)23-6-4-3-5-22(23)28(32)36-29;2*1-4-2-3/h4-17H,18H2,1-3H3;3-16,31H,17H2,1-2H3;2*2H,1H3. The van der Waals surface area contributed by atoms with E-state index in [1.165, 1.54) is 14.2 Å². The summed E-state index contributed by atoms with van der Waals surface area (Å²) >= 11 is 0. The molecule has 17 nitrogen and oxygen atoms in total. The predicted molar refractivity (Wildman–Crippen MR) is 296 cm³/mol. The van der Waals surface area contributed by atoms with E-state index in [4.69, 9.17) is 47.5 Å². The lowest BCUT2D eigenvalue weighted by atomic mass is 9.77. The van der Waals surface area contributed by atoms with Crippen LogP contribution in [-0.2, 0) is 49.2 Å². The van der Waals surface area contributed by atoms with Gasteiger partial charge in [0.15, 0.2) is 24.8 Å². The molecule has 8 aromatic carbocycles. The van der Waals surface area contributed by atoms with E-state index in [2.05, 4.69) is 14.4 Å². The van der Waals surface area contributed by atoms with E-state index in [0.717, 1.165) is 61.9 Å². The Morgan fingerprint density at radius 1 is 0.463 bits per heavy atom. The Labute approximate surface area is 461 Å². The van der Waals surface area contributed by atoms with Gasteiger partial charge in [-0.25, -0.2) is 9.59 Å². The van der Waals surface area contributed by atoms with Gasteiger partial charge < -0.3 is 62.3 Å². The molecule has 0 amide bonds. The molecule has 80 heavy (non-hydrogen) atoms. The van der Waals surface area contributed by atoms with Crippen LogP contribution >= 0.6 is 0 Å². The van der Waals surface area contributed by atoms with Crippen LogP contribution in [-0.4, -0.2) is 86.1 Å². The van der Waals surface area contributed by atoms with Crippen LogP contribution in [0.25, 0.3) is 0 Å². The number of fused-ring (bicyclic) bond motifs is 12. The molecule has 2 unspecified atom stereocenters. The summed E-state index contributed by atoms with van der Waals surface area (Å²) in [6.45, 7) is 3.15. The molecule has 8 aromatic rings. The number of aryl methyl sites for hydroxylation is 1. The van der Waals surface area contributed by atoms with Crippen molar-refractivity contribution in [3.63, 3.8) is 0 Å². The van der Waals surface area contributed by atoms with E-state index in [0.29, 0.717) is 58.4 Å². The number of ether oxygens (including phenoxy) is 10. The molecule has 4 heterocycles. The van der Waals surface area contributed by atoms with Crippen molar-refractivity contribution < 1.29 is 71.7 Å². The zero-order chi connectivity index (χ0) is 56.6. The van der Waals surface area contributed by atoms with Crippen LogP contribution in [0, 0.1) is 6.92 Å². The van der Waals surface area contributed by atoms with Gasteiger partial charge >= 0.3 is 11.9 Å². The number of nitrogens with zero attached hydrogens (tertiary/aromatic N) is 2. The highest BCUT2D eigenvalue weighted by molar-refractivity contribution is 5.98. The van der Waals surface area contributed by atoms with E-state index >= 15 is 0 Å². The SMILES string of the molecule is COC=O.COC=O.COCOc1ccc(N(C)c2ccc3c(c2)Oc2cc(C)ccc2C32OC(=O)c3ccccc32)cc1.COCOc1ccc(N(C)c2ccc3c(c2)Oc2cc(O)ccc2C32OC(=O)c3ccccc32)cc1. The zero-order valence-electron chi connectivity index (χ0n) is 44.8.